The molecule has 100 valence electrons. The summed E-state index contributed by atoms with van der Waals surface area (Å²) in [5.74, 6) is 0.575. The fourth-order valence-electron chi connectivity index (χ4n) is 1.78. The molecule has 0 saturated carbocycles. The Morgan fingerprint density at radius 1 is 1.21 bits per heavy atom. The van der Waals surface area contributed by atoms with Crippen LogP contribution in [0.25, 0.3) is 0 Å². The lowest BCUT2D eigenvalue weighted by atomic mass is 10.1. The fraction of sp³-hybridized carbons (Fsp3) is 0.200. The van der Waals surface area contributed by atoms with Crippen molar-refractivity contribution in [1.29, 1.82) is 0 Å². The van der Waals surface area contributed by atoms with E-state index in [0.717, 1.165) is 12.0 Å². The fourth-order valence-corrected chi connectivity index (χ4v) is 1.90. The van der Waals surface area contributed by atoms with E-state index in [0.29, 0.717) is 11.5 Å². The minimum atomic E-state index is -0.495. The summed E-state index contributed by atoms with van der Waals surface area (Å²) in [6, 6.07) is 12.0. The third-order valence-corrected chi connectivity index (χ3v) is 2.89. The average molecular weight is 280 g/mol. The molecule has 0 heterocycles. The van der Waals surface area contributed by atoms with Crippen LogP contribution in [0.1, 0.15) is 12.5 Å². The molecule has 0 aliphatic rings. The molecule has 0 bridgehead atoms. The molecule has 0 aliphatic heterocycles. The van der Waals surface area contributed by atoms with Gasteiger partial charge in [-0.15, -0.1) is 0 Å². The van der Waals surface area contributed by atoms with E-state index in [1.165, 1.54) is 12.1 Å². The number of ether oxygens (including phenoxy) is 1. The summed E-state index contributed by atoms with van der Waals surface area (Å²) in [6.45, 7) is 1.95. The van der Waals surface area contributed by atoms with Crippen molar-refractivity contribution in [2.75, 3.05) is 0 Å². The van der Waals surface area contributed by atoms with Crippen LogP contribution in [0.4, 0.5) is 4.39 Å². The Morgan fingerprint density at radius 3 is 2.63 bits per heavy atom. The van der Waals surface area contributed by atoms with E-state index in [9.17, 15) is 4.39 Å². The first-order chi connectivity index (χ1) is 9.04. The van der Waals surface area contributed by atoms with Gasteiger partial charge in [0.1, 0.15) is 17.3 Å². The number of rotatable bonds is 4. The molecule has 2 rings (SSSR count). The summed E-state index contributed by atoms with van der Waals surface area (Å²) < 4.78 is 18.9. The molecule has 0 amide bonds. The van der Waals surface area contributed by atoms with Gasteiger partial charge in [0.2, 0.25) is 0 Å². The highest BCUT2D eigenvalue weighted by Gasteiger charge is 2.04. The molecule has 4 heteroatoms. The van der Waals surface area contributed by atoms with E-state index in [2.05, 4.69) is 0 Å². The summed E-state index contributed by atoms with van der Waals surface area (Å²) in [6.07, 6.45) is 0.770. The molecule has 1 atom stereocenters. The zero-order chi connectivity index (χ0) is 13.8. The van der Waals surface area contributed by atoms with Crippen molar-refractivity contribution in [2.24, 2.45) is 5.73 Å². The Labute approximate surface area is 117 Å². The minimum Gasteiger partial charge on any atom is -0.457 e. The smallest absolute Gasteiger partial charge is 0.145 e. The molecule has 0 aliphatic carbocycles. The van der Waals surface area contributed by atoms with E-state index >= 15 is 0 Å². The van der Waals surface area contributed by atoms with Crippen LogP contribution < -0.4 is 10.5 Å². The largest absolute Gasteiger partial charge is 0.457 e. The maximum Gasteiger partial charge on any atom is 0.145 e. The number of hydrogen-bond acceptors (Lipinski definition) is 2. The second kappa shape index (κ2) is 6.04. The van der Waals surface area contributed by atoms with Crippen LogP contribution in [-0.4, -0.2) is 6.04 Å². The Kier molecular flexibility index (Phi) is 4.40. The van der Waals surface area contributed by atoms with E-state index in [4.69, 9.17) is 22.1 Å². The highest BCUT2D eigenvalue weighted by atomic mass is 35.5. The molecule has 0 saturated heterocycles. The number of benzene rings is 2. The van der Waals surface area contributed by atoms with Gasteiger partial charge in [0, 0.05) is 12.1 Å². The van der Waals surface area contributed by atoms with E-state index < -0.39 is 5.82 Å². The van der Waals surface area contributed by atoms with Gasteiger partial charge in [-0.1, -0.05) is 23.7 Å². The Hall–Kier alpha value is -1.58. The monoisotopic (exact) mass is 279 g/mol. The van der Waals surface area contributed by atoms with Crippen molar-refractivity contribution < 1.29 is 9.13 Å². The summed E-state index contributed by atoms with van der Waals surface area (Å²) in [4.78, 5) is 0. The molecule has 19 heavy (non-hydrogen) atoms. The third kappa shape index (κ3) is 3.94. The van der Waals surface area contributed by atoms with Gasteiger partial charge in [-0.25, -0.2) is 4.39 Å². The predicted molar refractivity (Wildman–Crippen MR) is 75.3 cm³/mol. The molecule has 0 aromatic heterocycles. The van der Waals surface area contributed by atoms with Gasteiger partial charge in [0.15, 0.2) is 0 Å². The Morgan fingerprint density at radius 2 is 1.95 bits per heavy atom. The zero-order valence-corrected chi connectivity index (χ0v) is 11.3. The van der Waals surface area contributed by atoms with Crippen LogP contribution in [0.5, 0.6) is 11.5 Å². The predicted octanol–water partition coefficient (Wildman–Crippen LogP) is 4.16. The lowest BCUT2D eigenvalue weighted by molar-refractivity contribution is 0.476. The summed E-state index contributed by atoms with van der Waals surface area (Å²) in [5.41, 5.74) is 6.84. The first kappa shape index (κ1) is 13.8. The average Bonchev–Trinajstić information content (AvgIpc) is 2.33. The van der Waals surface area contributed by atoms with Crippen molar-refractivity contribution >= 4 is 11.6 Å². The third-order valence-electron chi connectivity index (χ3n) is 2.58. The standard InChI is InChI=1S/C15H15ClFNO/c1-10(18)7-11-3-2-4-12(8-11)19-13-5-6-14(16)15(17)9-13/h2-6,8-10H,7,18H2,1H3. The van der Waals surface area contributed by atoms with Crippen molar-refractivity contribution in [3.05, 3.63) is 58.9 Å². The van der Waals surface area contributed by atoms with Crippen LogP contribution in [0.2, 0.25) is 5.02 Å². The van der Waals surface area contributed by atoms with Gasteiger partial charge >= 0.3 is 0 Å². The molecule has 2 N–H and O–H groups in total. The molecule has 0 fully saturated rings. The molecule has 2 aromatic carbocycles. The second-order valence-corrected chi connectivity index (χ2v) is 4.91. The van der Waals surface area contributed by atoms with E-state index in [1.807, 2.05) is 31.2 Å². The number of halogens is 2. The van der Waals surface area contributed by atoms with Gasteiger partial charge in [0.25, 0.3) is 0 Å². The lowest BCUT2D eigenvalue weighted by Gasteiger charge is -2.09. The minimum absolute atomic E-state index is 0.0815. The van der Waals surface area contributed by atoms with Gasteiger partial charge in [-0.3, -0.25) is 0 Å². The topological polar surface area (TPSA) is 35.2 Å². The highest BCUT2D eigenvalue weighted by molar-refractivity contribution is 6.30. The highest BCUT2D eigenvalue weighted by Crippen LogP contribution is 2.26. The molecule has 0 spiro atoms. The van der Waals surface area contributed by atoms with Crippen molar-refractivity contribution in [1.82, 2.24) is 0 Å². The second-order valence-electron chi connectivity index (χ2n) is 4.51. The maximum absolute atomic E-state index is 13.3. The Bertz CT molecular complexity index is 572. The molecule has 0 radical (unpaired) electrons. The molecule has 2 nitrogen and oxygen atoms in total. The van der Waals surface area contributed by atoms with Crippen LogP contribution in [0, 0.1) is 5.82 Å². The molecule has 1 unspecified atom stereocenters. The molecule has 2 aromatic rings. The molecular formula is C15H15ClFNO. The number of nitrogens with two attached hydrogens (primary N) is 1. The maximum atomic E-state index is 13.3. The SMILES string of the molecule is CC(N)Cc1cccc(Oc2ccc(Cl)c(F)c2)c1. The van der Waals surface area contributed by atoms with Crippen LogP contribution in [0.15, 0.2) is 42.5 Å². The molecular weight excluding hydrogens is 265 g/mol. The summed E-state index contributed by atoms with van der Waals surface area (Å²) in [5, 5.41) is 0.0815. The zero-order valence-electron chi connectivity index (χ0n) is 10.6. The van der Waals surface area contributed by atoms with Crippen LogP contribution >= 0.6 is 11.6 Å². The van der Waals surface area contributed by atoms with Crippen molar-refractivity contribution in [2.45, 2.75) is 19.4 Å². The van der Waals surface area contributed by atoms with Gasteiger partial charge in [-0.05, 0) is 43.2 Å². The normalized spacial score (nSPS) is 12.2. The van der Waals surface area contributed by atoms with Crippen molar-refractivity contribution in [3.8, 4) is 11.5 Å². The summed E-state index contributed by atoms with van der Waals surface area (Å²) >= 11 is 5.62. The van der Waals surface area contributed by atoms with Gasteiger partial charge in [-0.2, -0.15) is 0 Å². The van der Waals surface area contributed by atoms with Crippen LogP contribution in [0.3, 0.4) is 0 Å². The van der Waals surface area contributed by atoms with Gasteiger partial charge < -0.3 is 10.5 Å². The van der Waals surface area contributed by atoms with Crippen LogP contribution in [-0.2, 0) is 6.42 Å². The van der Waals surface area contributed by atoms with E-state index in [1.54, 1.807) is 6.07 Å². The van der Waals surface area contributed by atoms with E-state index in [-0.39, 0.29) is 11.1 Å². The van der Waals surface area contributed by atoms with Gasteiger partial charge in [0.05, 0.1) is 5.02 Å². The Balaban J connectivity index is 2.16. The lowest BCUT2D eigenvalue weighted by Crippen LogP contribution is -2.17. The first-order valence-electron chi connectivity index (χ1n) is 6.02. The first-order valence-corrected chi connectivity index (χ1v) is 6.40. The number of hydrogen-bond donors (Lipinski definition) is 1. The summed E-state index contributed by atoms with van der Waals surface area (Å²) in [7, 11) is 0. The quantitative estimate of drug-likeness (QED) is 0.912. The van der Waals surface area contributed by atoms with Crippen molar-refractivity contribution in [3.63, 3.8) is 0 Å².